The Hall–Kier alpha value is -2.13. The quantitative estimate of drug-likeness (QED) is 0.807. The molecule has 2 rings (SSSR count). The van der Waals surface area contributed by atoms with Crippen molar-refractivity contribution < 1.29 is 9.53 Å². The first kappa shape index (κ1) is 13.3. The summed E-state index contributed by atoms with van der Waals surface area (Å²) in [6, 6.07) is 16.8. The van der Waals surface area contributed by atoms with Gasteiger partial charge in [-0.05, 0) is 30.7 Å². The second-order valence-electron chi connectivity index (χ2n) is 4.26. The number of nitrogens with two attached hydrogens (primary N) is 1. The van der Waals surface area contributed by atoms with E-state index in [9.17, 15) is 4.79 Å². The van der Waals surface area contributed by atoms with Crippen LogP contribution in [0, 0.1) is 0 Å². The lowest BCUT2D eigenvalue weighted by molar-refractivity contribution is 0.0921. The summed E-state index contributed by atoms with van der Waals surface area (Å²) >= 11 is 0. The number of ether oxygens (including phenoxy) is 1. The number of ketones is 1. The molecule has 0 aliphatic rings. The average molecular weight is 255 g/mol. The van der Waals surface area contributed by atoms with Crippen LogP contribution in [0.15, 0.2) is 54.6 Å². The second-order valence-corrected chi connectivity index (χ2v) is 4.26. The van der Waals surface area contributed by atoms with Crippen LogP contribution in [0.5, 0.6) is 5.75 Å². The molecule has 3 nitrogen and oxygen atoms in total. The number of para-hydroxylation sites is 1. The van der Waals surface area contributed by atoms with E-state index in [1.165, 1.54) is 0 Å². The number of rotatable bonds is 6. The van der Waals surface area contributed by atoms with Gasteiger partial charge in [0.2, 0.25) is 0 Å². The van der Waals surface area contributed by atoms with Crippen LogP contribution in [0.3, 0.4) is 0 Å². The van der Waals surface area contributed by atoms with Crippen molar-refractivity contribution in [2.24, 2.45) is 5.73 Å². The van der Waals surface area contributed by atoms with Crippen molar-refractivity contribution in [3.05, 3.63) is 65.7 Å². The van der Waals surface area contributed by atoms with Crippen LogP contribution >= 0.6 is 0 Å². The van der Waals surface area contributed by atoms with E-state index in [1.54, 1.807) is 0 Å². The van der Waals surface area contributed by atoms with Gasteiger partial charge in [-0.3, -0.25) is 4.79 Å². The summed E-state index contributed by atoms with van der Waals surface area (Å²) in [5.41, 5.74) is 7.29. The average Bonchev–Trinajstić information content (AvgIpc) is 2.47. The Balaban J connectivity index is 1.92. The molecule has 0 saturated heterocycles. The molecule has 2 aromatic carbocycles. The normalized spacial score (nSPS) is 10.2. The van der Waals surface area contributed by atoms with Crippen LogP contribution in [0.1, 0.15) is 15.9 Å². The molecule has 0 aliphatic heterocycles. The second kappa shape index (κ2) is 6.71. The fourth-order valence-corrected chi connectivity index (χ4v) is 1.77. The fourth-order valence-electron chi connectivity index (χ4n) is 1.77. The van der Waals surface area contributed by atoms with Gasteiger partial charge >= 0.3 is 0 Å². The molecule has 0 heterocycles. The van der Waals surface area contributed by atoms with Crippen LogP contribution in [0.25, 0.3) is 0 Å². The van der Waals surface area contributed by atoms with Crippen LogP contribution in [-0.2, 0) is 6.42 Å². The Morgan fingerprint density at radius 1 is 1.00 bits per heavy atom. The first-order chi connectivity index (χ1) is 9.29. The van der Waals surface area contributed by atoms with Gasteiger partial charge in [0.1, 0.15) is 5.75 Å². The van der Waals surface area contributed by atoms with E-state index < -0.39 is 0 Å². The van der Waals surface area contributed by atoms with Crippen molar-refractivity contribution in [1.29, 1.82) is 0 Å². The van der Waals surface area contributed by atoms with Gasteiger partial charge in [-0.1, -0.05) is 42.5 Å². The summed E-state index contributed by atoms with van der Waals surface area (Å²) in [6.45, 7) is 0.671. The highest BCUT2D eigenvalue weighted by atomic mass is 16.5. The van der Waals surface area contributed by atoms with Crippen LogP contribution in [-0.4, -0.2) is 18.9 Å². The SMILES string of the molecule is NCCc1ccc(C(=O)COc2ccccc2)cc1. The van der Waals surface area contributed by atoms with Gasteiger partial charge < -0.3 is 10.5 Å². The zero-order valence-corrected chi connectivity index (χ0v) is 10.7. The van der Waals surface area contributed by atoms with E-state index in [2.05, 4.69) is 0 Å². The summed E-state index contributed by atoms with van der Waals surface area (Å²) in [5.74, 6) is 0.679. The molecule has 0 fully saturated rings. The van der Waals surface area contributed by atoms with Gasteiger partial charge in [0.15, 0.2) is 12.4 Å². The van der Waals surface area contributed by atoms with Crippen molar-refractivity contribution in [2.45, 2.75) is 6.42 Å². The maximum absolute atomic E-state index is 11.9. The summed E-state index contributed by atoms with van der Waals surface area (Å²) < 4.78 is 5.43. The number of benzene rings is 2. The Labute approximate surface area is 113 Å². The molecular formula is C16H17NO2. The number of carbonyl (C=O) groups is 1. The Bertz CT molecular complexity index is 520. The Morgan fingerprint density at radius 2 is 1.68 bits per heavy atom. The summed E-state index contributed by atoms with van der Waals surface area (Å²) in [5, 5.41) is 0. The number of carbonyl (C=O) groups excluding carboxylic acids is 1. The molecule has 0 aliphatic carbocycles. The molecular weight excluding hydrogens is 238 g/mol. The van der Waals surface area contributed by atoms with E-state index in [4.69, 9.17) is 10.5 Å². The number of hydrogen-bond acceptors (Lipinski definition) is 3. The molecule has 0 amide bonds. The first-order valence-corrected chi connectivity index (χ1v) is 6.29. The summed E-state index contributed by atoms with van der Waals surface area (Å²) in [4.78, 5) is 11.9. The van der Waals surface area contributed by atoms with Gasteiger partial charge in [-0.15, -0.1) is 0 Å². The molecule has 19 heavy (non-hydrogen) atoms. The lowest BCUT2D eigenvalue weighted by Gasteiger charge is -2.06. The third-order valence-electron chi connectivity index (χ3n) is 2.82. The third kappa shape index (κ3) is 3.93. The van der Waals surface area contributed by atoms with Crippen LogP contribution in [0.4, 0.5) is 0 Å². The van der Waals surface area contributed by atoms with E-state index in [-0.39, 0.29) is 12.4 Å². The van der Waals surface area contributed by atoms with Crippen molar-refractivity contribution in [1.82, 2.24) is 0 Å². The van der Waals surface area contributed by atoms with Gasteiger partial charge in [0, 0.05) is 5.56 Å². The van der Waals surface area contributed by atoms with Crippen LogP contribution in [0.2, 0.25) is 0 Å². The third-order valence-corrected chi connectivity index (χ3v) is 2.82. The molecule has 2 N–H and O–H groups in total. The number of hydrogen-bond donors (Lipinski definition) is 1. The molecule has 0 aromatic heterocycles. The van der Waals surface area contributed by atoms with E-state index in [0.717, 1.165) is 12.0 Å². The van der Waals surface area contributed by atoms with Gasteiger partial charge in [0.25, 0.3) is 0 Å². The molecule has 0 saturated carbocycles. The highest BCUT2D eigenvalue weighted by Crippen LogP contribution is 2.10. The van der Waals surface area contributed by atoms with E-state index in [0.29, 0.717) is 17.9 Å². The largest absolute Gasteiger partial charge is 0.485 e. The monoisotopic (exact) mass is 255 g/mol. The highest BCUT2D eigenvalue weighted by Gasteiger charge is 2.06. The summed E-state index contributed by atoms with van der Waals surface area (Å²) in [6.07, 6.45) is 0.828. The van der Waals surface area contributed by atoms with Crippen molar-refractivity contribution in [3.8, 4) is 5.75 Å². The minimum absolute atomic E-state index is 0.0249. The molecule has 0 spiro atoms. The van der Waals surface area contributed by atoms with Crippen LogP contribution < -0.4 is 10.5 Å². The predicted molar refractivity (Wildman–Crippen MR) is 75.5 cm³/mol. The molecule has 2 aromatic rings. The molecule has 3 heteroatoms. The smallest absolute Gasteiger partial charge is 0.200 e. The molecule has 0 atom stereocenters. The van der Waals surface area contributed by atoms with Gasteiger partial charge in [0.05, 0.1) is 0 Å². The first-order valence-electron chi connectivity index (χ1n) is 6.29. The van der Waals surface area contributed by atoms with E-state index in [1.807, 2.05) is 54.6 Å². The minimum atomic E-state index is -0.0249. The zero-order valence-electron chi connectivity index (χ0n) is 10.7. The molecule has 98 valence electrons. The zero-order chi connectivity index (χ0) is 13.5. The van der Waals surface area contributed by atoms with Crippen molar-refractivity contribution >= 4 is 5.78 Å². The lowest BCUT2D eigenvalue weighted by Crippen LogP contribution is -2.11. The van der Waals surface area contributed by atoms with Crippen molar-refractivity contribution in [2.75, 3.05) is 13.2 Å². The van der Waals surface area contributed by atoms with Crippen molar-refractivity contribution in [3.63, 3.8) is 0 Å². The fraction of sp³-hybridized carbons (Fsp3) is 0.188. The standard InChI is InChI=1S/C16H17NO2/c17-11-10-13-6-8-14(9-7-13)16(18)12-19-15-4-2-1-3-5-15/h1-9H,10-12,17H2. The van der Waals surface area contributed by atoms with Gasteiger partial charge in [-0.25, -0.2) is 0 Å². The highest BCUT2D eigenvalue weighted by molar-refractivity contribution is 5.97. The lowest BCUT2D eigenvalue weighted by atomic mass is 10.1. The van der Waals surface area contributed by atoms with Gasteiger partial charge in [-0.2, -0.15) is 0 Å². The number of Topliss-reactive ketones (excluding diaryl/α,β-unsaturated/α-hetero) is 1. The minimum Gasteiger partial charge on any atom is -0.485 e. The topological polar surface area (TPSA) is 52.3 Å². The Morgan fingerprint density at radius 3 is 2.32 bits per heavy atom. The van der Waals surface area contributed by atoms with E-state index >= 15 is 0 Å². The Kier molecular flexibility index (Phi) is 4.70. The predicted octanol–water partition coefficient (Wildman–Crippen LogP) is 2.45. The maximum Gasteiger partial charge on any atom is 0.200 e. The molecule has 0 bridgehead atoms. The molecule has 0 unspecified atom stereocenters. The summed E-state index contributed by atoms with van der Waals surface area (Å²) in [7, 11) is 0. The molecule has 0 radical (unpaired) electrons. The maximum atomic E-state index is 11.9.